The fourth-order valence-electron chi connectivity index (χ4n) is 0.845. The number of primary amides is 1. The molecule has 82 valence electrons. The molecule has 0 spiro atoms. The molecule has 1 amide bonds. The van der Waals surface area contributed by atoms with Crippen LogP contribution in [0.3, 0.4) is 0 Å². The van der Waals surface area contributed by atoms with Crippen molar-refractivity contribution in [1.82, 2.24) is 0 Å². The van der Waals surface area contributed by atoms with Crippen molar-refractivity contribution >= 4 is 11.9 Å². The number of carbonyl (C=O) groups excluding carboxylic acids is 2. The number of amides is 1. The maximum Gasteiger partial charge on any atom is 0.309 e. The van der Waals surface area contributed by atoms with Gasteiger partial charge in [0.25, 0.3) is 0 Å². The molecule has 0 aliphatic carbocycles. The smallest absolute Gasteiger partial charge is 0.309 e. The highest BCUT2D eigenvalue weighted by Gasteiger charge is 2.28. The minimum atomic E-state index is -0.525. The Labute approximate surface area is 84.8 Å². The first kappa shape index (κ1) is 12.9. The molecule has 0 aromatic rings. The summed E-state index contributed by atoms with van der Waals surface area (Å²) in [6.07, 6.45) is 0. The molecule has 2 atom stereocenters. The van der Waals surface area contributed by atoms with Crippen molar-refractivity contribution in [3.63, 3.8) is 0 Å². The van der Waals surface area contributed by atoms with Crippen molar-refractivity contribution in [2.45, 2.75) is 40.2 Å². The second-order valence-electron chi connectivity index (χ2n) is 4.51. The molecule has 0 aromatic carbocycles. The number of ether oxygens (including phenoxy) is 1. The molecule has 0 aromatic heterocycles. The number of esters is 1. The fraction of sp³-hybridized carbons (Fsp3) is 0.800. The highest BCUT2D eigenvalue weighted by molar-refractivity contribution is 5.83. The van der Waals surface area contributed by atoms with Gasteiger partial charge in [-0.1, -0.05) is 13.8 Å². The third-order valence-electron chi connectivity index (χ3n) is 1.98. The Bertz CT molecular complexity index is 230. The predicted octanol–water partition coefficient (Wildman–Crippen LogP) is 1.09. The minimum Gasteiger partial charge on any atom is -0.460 e. The van der Waals surface area contributed by atoms with Crippen molar-refractivity contribution in [1.29, 1.82) is 0 Å². The topological polar surface area (TPSA) is 69.4 Å². The summed E-state index contributed by atoms with van der Waals surface area (Å²) >= 11 is 0. The van der Waals surface area contributed by atoms with E-state index in [1.165, 1.54) is 0 Å². The van der Waals surface area contributed by atoms with E-state index in [0.29, 0.717) is 0 Å². The zero-order valence-corrected chi connectivity index (χ0v) is 9.46. The molecule has 0 heterocycles. The van der Waals surface area contributed by atoms with Crippen LogP contribution in [0.1, 0.15) is 34.6 Å². The first-order valence-corrected chi connectivity index (χ1v) is 4.67. The van der Waals surface area contributed by atoms with E-state index >= 15 is 0 Å². The van der Waals surface area contributed by atoms with Gasteiger partial charge in [-0.05, 0) is 20.8 Å². The summed E-state index contributed by atoms with van der Waals surface area (Å²) in [7, 11) is 0. The van der Waals surface area contributed by atoms with Crippen LogP contribution in [0.25, 0.3) is 0 Å². The molecule has 4 nitrogen and oxygen atoms in total. The lowest BCUT2D eigenvalue weighted by molar-refractivity contribution is -0.162. The number of rotatable bonds is 3. The standard InChI is InChI=1S/C10H19NO3/c1-6(8(11)12)7(2)9(13)14-10(3,4)5/h6-7H,1-5H3,(H2,11,12). The van der Waals surface area contributed by atoms with Gasteiger partial charge in [-0.15, -0.1) is 0 Å². The zero-order chi connectivity index (χ0) is 11.5. The van der Waals surface area contributed by atoms with Crippen molar-refractivity contribution in [3.05, 3.63) is 0 Å². The van der Waals surface area contributed by atoms with Gasteiger partial charge in [-0.3, -0.25) is 9.59 Å². The van der Waals surface area contributed by atoms with Crippen molar-refractivity contribution in [3.8, 4) is 0 Å². The third kappa shape index (κ3) is 4.25. The summed E-state index contributed by atoms with van der Waals surface area (Å²) in [5.41, 5.74) is 4.57. The highest BCUT2D eigenvalue weighted by atomic mass is 16.6. The molecule has 4 heteroatoms. The van der Waals surface area contributed by atoms with E-state index in [1.807, 2.05) is 0 Å². The van der Waals surface area contributed by atoms with Crippen LogP contribution >= 0.6 is 0 Å². The summed E-state index contributed by atoms with van der Waals surface area (Å²) in [6.45, 7) is 8.62. The Morgan fingerprint density at radius 2 is 1.57 bits per heavy atom. The summed E-state index contributed by atoms with van der Waals surface area (Å²) in [6, 6.07) is 0. The van der Waals surface area contributed by atoms with Crippen LogP contribution in [0.5, 0.6) is 0 Å². The number of hydrogen-bond acceptors (Lipinski definition) is 3. The second-order valence-corrected chi connectivity index (χ2v) is 4.51. The predicted molar refractivity (Wildman–Crippen MR) is 53.4 cm³/mol. The lowest BCUT2D eigenvalue weighted by Gasteiger charge is -2.23. The second kappa shape index (κ2) is 4.44. The highest BCUT2D eigenvalue weighted by Crippen LogP contribution is 2.16. The number of hydrogen-bond donors (Lipinski definition) is 1. The lowest BCUT2D eigenvalue weighted by Crippen LogP contribution is -2.35. The lowest BCUT2D eigenvalue weighted by atomic mass is 9.95. The van der Waals surface area contributed by atoms with E-state index in [9.17, 15) is 9.59 Å². The van der Waals surface area contributed by atoms with E-state index < -0.39 is 23.3 Å². The average Bonchev–Trinajstić information content (AvgIpc) is 1.98. The van der Waals surface area contributed by atoms with Crippen molar-refractivity contribution < 1.29 is 14.3 Å². The van der Waals surface area contributed by atoms with Gasteiger partial charge in [0.2, 0.25) is 5.91 Å². The summed E-state index contributed by atoms with van der Waals surface area (Å²) < 4.78 is 5.12. The number of carbonyl (C=O) groups is 2. The van der Waals surface area contributed by atoms with Crippen LogP contribution in [0.4, 0.5) is 0 Å². The molecule has 0 bridgehead atoms. The zero-order valence-electron chi connectivity index (χ0n) is 9.46. The maximum absolute atomic E-state index is 11.5. The van der Waals surface area contributed by atoms with Crippen LogP contribution in [-0.2, 0) is 14.3 Å². The first-order valence-electron chi connectivity index (χ1n) is 4.67. The minimum absolute atomic E-state index is 0.385. The summed E-state index contributed by atoms with van der Waals surface area (Å²) in [4.78, 5) is 22.3. The van der Waals surface area contributed by atoms with Gasteiger partial charge in [0, 0.05) is 5.92 Å². The quantitative estimate of drug-likeness (QED) is 0.695. The molecule has 0 saturated heterocycles. The van der Waals surface area contributed by atoms with Gasteiger partial charge in [0.1, 0.15) is 5.60 Å². The van der Waals surface area contributed by atoms with Crippen LogP contribution in [0, 0.1) is 11.8 Å². The normalized spacial score (nSPS) is 15.8. The Hall–Kier alpha value is -1.06. The Morgan fingerprint density at radius 1 is 1.14 bits per heavy atom. The van der Waals surface area contributed by atoms with E-state index in [0.717, 1.165) is 0 Å². The van der Waals surface area contributed by atoms with Gasteiger partial charge in [0.15, 0.2) is 0 Å². The van der Waals surface area contributed by atoms with Crippen LogP contribution in [-0.4, -0.2) is 17.5 Å². The van der Waals surface area contributed by atoms with E-state index in [4.69, 9.17) is 10.5 Å². The van der Waals surface area contributed by atoms with Gasteiger partial charge < -0.3 is 10.5 Å². The SMILES string of the molecule is CC(C(N)=O)C(C)C(=O)OC(C)(C)C. The van der Waals surface area contributed by atoms with Gasteiger partial charge >= 0.3 is 5.97 Å². The third-order valence-corrected chi connectivity index (χ3v) is 1.98. The number of nitrogens with two attached hydrogens (primary N) is 1. The van der Waals surface area contributed by atoms with Gasteiger partial charge in [-0.25, -0.2) is 0 Å². The molecule has 14 heavy (non-hydrogen) atoms. The molecule has 0 radical (unpaired) electrons. The molecule has 0 aliphatic rings. The van der Waals surface area contributed by atoms with E-state index in [2.05, 4.69) is 0 Å². The largest absolute Gasteiger partial charge is 0.460 e. The van der Waals surface area contributed by atoms with Crippen LogP contribution in [0.15, 0.2) is 0 Å². The molecule has 0 aliphatic heterocycles. The van der Waals surface area contributed by atoms with Crippen LogP contribution < -0.4 is 5.73 Å². The maximum atomic E-state index is 11.5. The first-order chi connectivity index (χ1) is 6.15. The summed E-state index contributed by atoms with van der Waals surface area (Å²) in [5, 5.41) is 0. The Kier molecular flexibility index (Phi) is 4.10. The van der Waals surface area contributed by atoms with Crippen LogP contribution in [0.2, 0.25) is 0 Å². The van der Waals surface area contributed by atoms with E-state index in [1.54, 1.807) is 34.6 Å². The molecule has 2 N–H and O–H groups in total. The monoisotopic (exact) mass is 201 g/mol. The van der Waals surface area contributed by atoms with Crippen molar-refractivity contribution in [2.24, 2.45) is 17.6 Å². The van der Waals surface area contributed by atoms with E-state index in [-0.39, 0.29) is 5.97 Å². The average molecular weight is 201 g/mol. The molecular formula is C10H19NO3. The summed E-state index contributed by atoms with van der Waals surface area (Å²) in [5.74, 6) is -1.86. The van der Waals surface area contributed by atoms with Crippen molar-refractivity contribution in [2.75, 3.05) is 0 Å². The molecular weight excluding hydrogens is 182 g/mol. The molecule has 0 rings (SSSR count). The molecule has 0 fully saturated rings. The molecule has 0 saturated carbocycles. The van der Waals surface area contributed by atoms with Gasteiger partial charge in [-0.2, -0.15) is 0 Å². The van der Waals surface area contributed by atoms with Gasteiger partial charge in [0.05, 0.1) is 5.92 Å². The Morgan fingerprint density at radius 3 is 1.86 bits per heavy atom. The Balaban J connectivity index is 4.33. The molecule has 2 unspecified atom stereocenters. The fourth-order valence-corrected chi connectivity index (χ4v) is 0.845.